The van der Waals surface area contributed by atoms with Crippen LogP contribution in [0.4, 0.5) is 5.82 Å². The minimum absolute atomic E-state index is 0.328. The van der Waals surface area contributed by atoms with Gasteiger partial charge in [0, 0.05) is 18.0 Å². The Kier molecular flexibility index (Phi) is 2.96. The number of nitrogen functional groups attached to an aromatic ring is 1. The number of hydrogen-bond acceptors (Lipinski definition) is 7. The molecule has 3 rings (SSSR count). The Balaban J connectivity index is 1.88. The number of aromatic amines is 1. The molecule has 0 fully saturated rings. The highest BCUT2D eigenvalue weighted by atomic mass is 16.5. The first kappa shape index (κ1) is 12.0. The number of ether oxygens (including phenoxy) is 1. The van der Waals surface area contributed by atoms with Gasteiger partial charge in [-0.1, -0.05) is 0 Å². The quantitative estimate of drug-likeness (QED) is 0.725. The number of anilines is 1. The van der Waals surface area contributed by atoms with Crippen LogP contribution in [0.5, 0.6) is 6.01 Å². The fourth-order valence-corrected chi connectivity index (χ4v) is 1.64. The molecule has 0 aliphatic heterocycles. The van der Waals surface area contributed by atoms with Crippen molar-refractivity contribution in [1.29, 1.82) is 0 Å². The van der Waals surface area contributed by atoms with Crippen LogP contribution in [0.2, 0.25) is 0 Å². The van der Waals surface area contributed by atoms with E-state index in [1.165, 1.54) is 13.4 Å². The van der Waals surface area contributed by atoms with Crippen molar-refractivity contribution in [1.82, 2.24) is 29.9 Å². The first-order valence-corrected chi connectivity index (χ1v) is 5.76. The van der Waals surface area contributed by atoms with Crippen LogP contribution in [0.25, 0.3) is 23.3 Å². The predicted molar refractivity (Wildman–Crippen MR) is 73.6 cm³/mol. The lowest BCUT2D eigenvalue weighted by atomic mass is 10.3. The smallest absolute Gasteiger partial charge is 0.316 e. The second kappa shape index (κ2) is 4.92. The van der Waals surface area contributed by atoms with Gasteiger partial charge in [-0.05, 0) is 12.2 Å². The molecule has 100 valence electrons. The average Bonchev–Trinajstić information content (AvgIpc) is 2.90. The van der Waals surface area contributed by atoms with Crippen molar-refractivity contribution >= 4 is 29.1 Å². The summed E-state index contributed by atoms with van der Waals surface area (Å²) in [6.45, 7) is 0. The Morgan fingerprint density at radius 2 is 1.95 bits per heavy atom. The minimum Gasteiger partial charge on any atom is -0.467 e. The molecule has 0 spiro atoms. The van der Waals surface area contributed by atoms with E-state index < -0.39 is 0 Å². The van der Waals surface area contributed by atoms with Crippen molar-refractivity contribution in [2.45, 2.75) is 0 Å². The molecule has 3 aromatic heterocycles. The summed E-state index contributed by atoms with van der Waals surface area (Å²) in [6, 6.07) is 0.328. The Bertz CT molecular complexity index is 763. The molecule has 8 heteroatoms. The van der Waals surface area contributed by atoms with Crippen LogP contribution in [0.15, 0.2) is 18.7 Å². The Morgan fingerprint density at radius 3 is 2.65 bits per heavy atom. The van der Waals surface area contributed by atoms with Crippen LogP contribution in [-0.4, -0.2) is 37.0 Å². The Morgan fingerprint density at radius 1 is 1.15 bits per heavy atom. The maximum atomic E-state index is 5.72. The van der Waals surface area contributed by atoms with E-state index in [9.17, 15) is 0 Å². The van der Waals surface area contributed by atoms with E-state index in [1.807, 2.05) is 6.08 Å². The van der Waals surface area contributed by atoms with E-state index in [4.69, 9.17) is 10.5 Å². The predicted octanol–water partition coefficient (Wildman–Crippen LogP) is 0.904. The van der Waals surface area contributed by atoms with Crippen molar-refractivity contribution < 1.29 is 4.74 Å². The number of nitrogens with two attached hydrogens (primary N) is 1. The zero-order valence-electron chi connectivity index (χ0n) is 10.6. The van der Waals surface area contributed by atoms with Crippen molar-refractivity contribution in [3.05, 3.63) is 30.1 Å². The average molecular weight is 269 g/mol. The van der Waals surface area contributed by atoms with Crippen LogP contribution < -0.4 is 10.5 Å². The number of rotatable bonds is 3. The summed E-state index contributed by atoms with van der Waals surface area (Å²) in [6.07, 6.45) is 8.30. The molecule has 0 amide bonds. The summed E-state index contributed by atoms with van der Waals surface area (Å²) in [4.78, 5) is 23.3. The highest BCUT2D eigenvalue weighted by molar-refractivity contribution is 5.83. The van der Waals surface area contributed by atoms with Gasteiger partial charge in [-0.25, -0.2) is 24.9 Å². The van der Waals surface area contributed by atoms with Crippen LogP contribution in [-0.2, 0) is 0 Å². The molecule has 3 heterocycles. The van der Waals surface area contributed by atoms with Gasteiger partial charge in [-0.3, -0.25) is 0 Å². The van der Waals surface area contributed by atoms with Gasteiger partial charge in [0.25, 0.3) is 0 Å². The van der Waals surface area contributed by atoms with Crippen molar-refractivity contribution in [3.8, 4) is 6.01 Å². The fraction of sp³-hybridized carbons (Fsp3) is 0.0833. The number of nitrogens with one attached hydrogen (secondary N) is 1. The molecule has 0 radical (unpaired) electrons. The van der Waals surface area contributed by atoms with Gasteiger partial charge in [-0.15, -0.1) is 0 Å². The first-order valence-electron chi connectivity index (χ1n) is 5.76. The van der Waals surface area contributed by atoms with Crippen molar-refractivity contribution in [2.75, 3.05) is 12.8 Å². The second-order valence-corrected chi connectivity index (χ2v) is 3.91. The van der Waals surface area contributed by atoms with Gasteiger partial charge in [0.15, 0.2) is 17.0 Å². The van der Waals surface area contributed by atoms with Crippen LogP contribution in [0.3, 0.4) is 0 Å². The van der Waals surface area contributed by atoms with E-state index in [1.54, 1.807) is 18.5 Å². The number of imidazole rings is 1. The molecule has 0 aromatic carbocycles. The molecule has 3 aromatic rings. The van der Waals surface area contributed by atoms with E-state index in [2.05, 4.69) is 29.9 Å². The lowest BCUT2D eigenvalue weighted by Crippen LogP contribution is -1.91. The molecular formula is C12H11N7O. The molecule has 0 atom stereocenters. The standard InChI is InChI=1S/C12H11N7O/c1-20-12-14-4-7(5-15-12)2-3-8-18-9-10(13)16-6-17-11(9)19-8/h2-6H,1H3,(H3,13,16,17,18,19). The van der Waals surface area contributed by atoms with Crippen LogP contribution in [0, 0.1) is 0 Å². The minimum atomic E-state index is 0.328. The fourth-order valence-electron chi connectivity index (χ4n) is 1.64. The highest BCUT2D eigenvalue weighted by Gasteiger charge is 2.05. The highest BCUT2D eigenvalue weighted by Crippen LogP contribution is 2.14. The Labute approximate surface area is 113 Å². The molecule has 0 bridgehead atoms. The summed E-state index contributed by atoms with van der Waals surface area (Å²) < 4.78 is 4.89. The maximum Gasteiger partial charge on any atom is 0.316 e. The molecular weight excluding hydrogens is 258 g/mol. The number of hydrogen-bond donors (Lipinski definition) is 2. The SMILES string of the molecule is COc1ncc(C=Cc2nc3c(N)ncnc3[nH]2)cn1. The zero-order valence-corrected chi connectivity index (χ0v) is 10.6. The zero-order chi connectivity index (χ0) is 13.9. The lowest BCUT2D eigenvalue weighted by molar-refractivity contribution is 0.379. The van der Waals surface area contributed by atoms with E-state index in [-0.39, 0.29) is 0 Å². The van der Waals surface area contributed by atoms with Gasteiger partial charge in [0.05, 0.1) is 7.11 Å². The molecule has 0 saturated carbocycles. The normalized spacial score (nSPS) is 11.2. The summed E-state index contributed by atoms with van der Waals surface area (Å²) >= 11 is 0. The van der Waals surface area contributed by atoms with Crippen molar-refractivity contribution in [3.63, 3.8) is 0 Å². The molecule has 0 aliphatic rings. The van der Waals surface area contributed by atoms with Crippen LogP contribution in [0.1, 0.15) is 11.4 Å². The second-order valence-electron chi connectivity index (χ2n) is 3.91. The molecule has 0 unspecified atom stereocenters. The third kappa shape index (κ3) is 2.26. The number of aromatic nitrogens is 6. The van der Waals surface area contributed by atoms with Crippen molar-refractivity contribution in [2.24, 2.45) is 0 Å². The molecule has 20 heavy (non-hydrogen) atoms. The Hall–Kier alpha value is -3.03. The molecule has 8 nitrogen and oxygen atoms in total. The summed E-state index contributed by atoms with van der Waals surface area (Å²) in [5.74, 6) is 0.974. The van der Waals surface area contributed by atoms with Gasteiger partial charge in [0.1, 0.15) is 12.2 Å². The van der Waals surface area contributed by atoms with Gasteiger partial charge in [-0.2, -0.15) is 0 Å². The molecule has 0 saturated heterocycles. The maximum absolute atomic E-state index is 5.72. The lowest BCUT2D eigenvalue weighted by Gasteiger charge is -1.95. The van der Waals surface area contributed by atoms with E-state index >= 15 is 0 Å². The number of fused-ring (bicyclic) bond motifs is 1. The third-order valence-electron chi connectivity index (χ3n) is 2.59. The number of methoxy groups -OCH3 is 1. The summed E-state index contributed by atoms with van der Waals surface area (Å²) in [5, 5.41) is 0. The van der Waals surface area contributed by atoms with Gasteiger partial charge < -0.3 is 15.5 Å². The summed E-state index contributed by atoms with van der Waals surface area (Å²) in [7, 11) is 1.52. The first-order chi connectivity index (χ1) is 9.76. The van der Waals surface area contributed by atoms with E-state index in [0.29, 0.717) is 28.8 Å². The van der Waals surface area contributed by atoms with Gasteiger partial charge >= 0.3 is 6.01 Å². The largest absolute Gasteiger partial charge is 0.467 e. The number of nitrogens with zero attached hydrogens (tertiary/aromatic N) is 5. The molecule has 0 aliphatic carbocycles. The third-order valence-corrected chi connectivity index (χ3v) is 2.59. The summed E-state index contributed by atoms with van der Waals surface area (Å²) in [5.41, 5.74) is 7.70. The monoisotopic (exact) mass is 269 g/mol. The topological polar surface area (TPSA) is 115 Å². The van der Waals surface area contributed by atoms with Crippen LogP contribution >= 0.6 is 0 Å². The molecule has 3 N–H and O–H groups in total. The number of H-pyrrole nitrogens is 1. The van der Waals surface area contributed by atoms with E-state index in [0.717, 1.165) is 5.56 Å². The van der Waals surface area contributed by atoms with Gasteiger partial charge in [0.2, 0.25) is 0 Å².